The lowest BCUT2D eigenvalue weighted by molar-refractivity contribution is -0.137. The zero-order chi connectivity index (χ0) is 21.9. The van der Waals surface area contributed by atoms with E-state index in [1.165, 1.54) is 23.7 Å². The van der Waals surface area contributed by atoms with Crippen molar-refractivity contribution in [1.82, 2.24) is 10.3 Å². The Morgan fingerprint density at radius 1 is 1.10 bits per heavy atom. The third kappa shape index (κ3) is 5.13. The van der Waals surface area contributed by atoms with Gasteiger partial charge in [0.1, 0.15) is 10.7 Å². The predicted octanol–water partition coefficient (Wildman–Crippen LogP) is 4.03. The Labute approximate surface area is 172 Å². The molecule has 12 heteroatoms. The van der Waals surface area contributed by atoms with E-state index in [1.807, 2.05) is 0 Å². The van der Waals surface area contributed by atoms with Crippen molar-refractivity contribution < 1.29 is 30.8 Å². The molecule has 3 aromatic rings. The number of aromatic nitrogens is 1. The molecule has 1 amide bonds. The van der Waals surface area contributed by atoms with Crippen LogP contribution in [0.3, 0.4) is 0 Å². The van der Waals surface area contributed by atoms with E-state index < -0.39 is 38.4 Å². The van der Waals surface area contributed by atoms with Crippen LogP contribution in [-0.2, 0) is 22.7 Å². The largest absolute Gasteiger partial charge is 0.416 e. The van der Waals surface area contributed by atoms with Gasteiger partial charge in [-0.2, -0.15) is 13.2 Å². The van der Waals surface area contributed by atoms with Crippen molar-refractivity contribution in [3.63, 3.8) is 0 Å². The van der Waals surface area contributed by atoms with Crippen LogP contribution in [-0.4, -0.2) is 19.3 Å². The summed E-state index contributed by atoms with van der Waals surface area (Å²) < 4.78 is 78.6. The number of nitrogens with zero attached hydrogens (tertiary/aromatic N) is 1. The van der Waals surface area contributed by atoms with Crippen LogP contribution in [0.25, 0.3) is 0 Å². The van der Waals surface area contributed by atoms with Crippen molar-refractivity contribution in [2.75, 3.05) is 4.72 Å². The molecule has 0 saturated carbocycles. The molecule has 1 heterocycles. The number of alkyl halides is 3. The van der Waals surface area contributed by atoms with Gasteiger partial charge in [-0.05, 0) is 35.9 Å². The number of carbonyl (C=O) groups excluding carboxylic acids is 1. The van der Waals surface area contributed by atoms with Crippen molar-refractivity contribution in [3.05, 3.63) is 76.5 Å². The monoisotopic (exact) mass is 459 g/mol. The molecule has 0 unspecified atom stereocenters. The number of hydrogen-bond acceptors (Lipinski definition) is 5. The summed E-state index contributed by atoms with van der Waals surface area (Å²) in [7, 11) is -4.23. The number of thiazole rings is 1. The van der Waals surface area contributed by atoms with Crippen molar-refractivity contribution in [2.45, 2.75) is 17.6 Å². The maximum atomic E-state index is 14.3. The summed E-state index contributed by atoms with van der Waals surface area (Å²) in [6, 6.07) is 7.03. The average molecular weight is 459 g/mol. The second-order valence-corrected chi connectivity index (χ2v) is 8.51. The van der Waals surface area contributed by atoms with E-state index in [1.54, 1.807) is 0 Å². The molecule has 0 radical (unpaired) electrons. The molecule has 158 valence electrons. The standard InChI is InChI=1S/C18H13F4N3O3S2/c19-14-9-12(3-6-15(14)30(27,28)25-17-23-7-8-29-17)16(26)24-10-11-1-4-13(5-2-11)18(20,21)22/h1-9H,10H2,(H,23,25)(H,24,26). The Hall–Kier alpha value is -2.99. The molecule has 0 saturated heterocycles. The minimum Gasteiger partial charge on any atom is -0.348 e. The Balaban J connectivity index is 1.68. The minimum absolute atomic E-state index is 0.0627. The van der Waals surface area contributed by atoms with Crippen molar-refractivity contribution >= 4 is 32.4 Å². The maximum Gasteiger partial charge on any atom is 0.416 e. The lowest BCUT2D eigenvalue weighted by atomic mass is 10.1. The molecule has 6 nitrogen and oxygen atoms in total. The summed E-state index contributed by atoms with van der Waals surface area (Å²) in [6.07, 6.45) is -3.08. The van der Waals surface area contributed by atoms with Crippen LogP contribution in [0.15, 0.2) is 58.9 Å². The first-order valence-corrected chi connectivity index (χ1v) is 10.6. The fourth-order valence-corrected chi connectivity index (χ4v) is 4.25. The fraction of sp³-hybridized carbons (Fsp3) is 0.111. The van der Waals surface area contributed by atoms with Gasteiger partial charge in [-0.1, -0.05) is 12.1 Å². The highest BCUT2D eigenvalue weighted by Gasteiger charge is 2.30. The number of amides is 1. The fourth-order valence-electron chi connectivity index (χ4n) is 2.40. The molecule has 0 aliphatic carbocycles. The Bertz CT molecular complexity index is 1150. The highest BCUT2D eigenvalue weighted by atomic mass is 32.2. The first-order chi connectivity index (χ1) is 14.1. The number of carbonyl (C=O) groups is 1. The van der Waals surface area contributed by atoms with Crippen LogP contribution >= 0.6 is 11.3 Å². The van der Waals surface area contributed by atoms with Crippen LogP contribution in [0.1, 0.15) is 21.5 Å². The molecule has 0 bridgehead atoms. The van der Waals surface area contributed by atoms with Gasteiger partial charge in [-0.15, -0.1) is 11.3 Å². The number of sulfonamides is 1. The third-order valence-electron chi connectivity index (χ3n) is 3.87. The van der Waals surface area contributed by atoms with Gasteiger partial charge in [0.25, 0.3) is 15.9 Å². The van der Waals surface area contributed by atoms with Gasteiger partial charge in [-0.25, -0.2) is 17.8 Å². The SMILES string of the molecule is O=C(NCc1ccc(C(F)(F)F)cc1)c1ccc(S(=O)(=O)Nc2nccs2)c(F)c1. The summed E-state index contributed by atoms with van der Waals surface area (Å²) in [6.45, 7) is -0.0930. The minimum atomic E-state index is -4.46. The van der Waals surface area contributed by atoms with E-state index in [9.17, 15) is 30.8 Å². The summed E-state index contributed by atoms with van der Waals surface area (Å²) >= 11 is 1.01. The molecule has 3 rings (SSSR count). The average Bonchev–Trinajstić information content (AvgIpc) is 3.17. The molecule has 2 aromatic carbocycles. The topological polar surface area (TPSA) is 88.2 Å². The van der Waals surface area contributed by atoms with Crippen LogP contribution < -0.4 is 10.0 Å². The zero-order valence-corrected chi connectivity index (χ0v) is 16.5. The van der Waals surface area contributed by atoms with Crippen molar-refractivity contribution in [2.24, 2.45) is 0 Å². The van der Waals surface area contributed by atoms with Crippen molar-refractivity contribution in [1.29, 1.82) is 0 Å². The summed E-state index contributed by atoms with van der Waals surface area (Å²) in [4.78, 5) is 15.3. The summed E-state index contributed by atoms with van der Waals surface area (Å²) in [5, 5.41) is 4.04. The van der Waals surface area contributed by atoms with Gasteiger partial charge in [0, 0.05) is 23.7 Å². The summed E-state index contributed by atoms with van der Waals surface area (Å²) in [5.74, 6) is -1.85. The van der Waals surface area contributed by atoms with E-state index in [0.29, 0.717) is 5.56 Å². The molecule has 0 spiro atoms. The van der Waals surface area contributed by atoms with Crippen LogP contribution in [0, 0.1) is 5.82 Å². The lowest BCUT2D eigenvalue weighted by Gasteiger charge is -2.10. The normalized spacial score (nSPS) is 11.9. The van der Waals surface area contributed by atoms with Gasteiger partial charge >= 0.3 is 6.18 Å². The van der Waals surface area contributed by atoms with Gasteiger partial charge in [-0.3, -0.25) is 9.52 Å². The lowest BCUT2D eigenvalue weighted by Crippen LogP contribution is -2.23. The van der Waals surface area contributed by atoms with Crippen LogP contribution in [0.2, 0.25) is 0 Å². The molecule has 1 aromatic heterocycles. The van der Waals surface area contributed by atoms with Gasteiger partial charge in [0.15, 0.2) is 5.13 Å². The quantitative estimate of drug-likeness (QED) is 0.545. The van der Waals surface area contributed by atoms with E-state index in [2.05, 4.69) is 15.0 Å². The zero-order valence-electron chi connectivity index (χ0n) is 14.9. The maximum absolute atomic E-state index is 14.3. The van der Waals surface area contributed by atoms with E-state index >= 15 is 0 Å². The first kappa shape index (κ1) is 21.7. The van der Waals surface area contributed by atoms with Crippen molar-refractivity contribution in [3.8, 4) is 0 Å². The second-order valence-electron chi connectivity index (χ2n) is 5.97. The molecule has 0 atom stereocenters. The number of hydrogen-bond donors (Lipinski definition) is 2. The molecule has 0 aliphatic heterocycles. The number of halogens is 4. The van der Waals surface area contributed by atoms with Gasteiger partial charge < -0.3 is 5.32 Å². The second kappa shape index (κ2) is 8.40. The van der Waals surface area contributed by atoms with Gasteiger partial charge in [0.05, 0.1) is 5.56 Å². The summed E-state index contributed by atoms with van der Waals surface area (Å²) in [5.41, 5.74) is -0.556. The first-order valence-electron chi connectivity index (χ1n) is 8.22. The Morgan fingerprint density at radius 3 is 2.37 bits per heavy atom. The molecule has 0 fully saturated rings. The smallest absolute Gasteiger partial charge is 0.348 e. The van der Waals surface area contributed by atoms with Crippen LogP contribution in [0.5, 0.6) is 0 Å². The number of anilines is 1. The highest BCUT2D eigenvalue weighted by molar-refractivity contribution is 7.93. The molecule has 30 heavy (non-hydrogen) atoms. The van der Waals surface area contributed by atoms with E-state index in [0.717, 1.165) is 41.7 Å². The molecule has 0 aliphatic rings. The molecular formula is C18H13F4N3O3S2. The van der Waals surface area contributed by atoms with E-state index in [4.69, 9.17) is 0 Å². The Morgan fingerprint density at radius 2 is 1.80 bits per heavy atom. The number of nitrogens with one attached hydrogen (secondary N) is 2. The van der Waals surface area contributed by atoms with E-state index in [-0.39, 0.29) is 17.2 Å². The molecule has 2 N–H and O–H groups in total. The highest BCUT2D eigenvalue weighted by Crippen LogP contribution is 2.29. The number of rotatable bonds is 6. The van der Waals surface area contributed by atoms with Gasteiger partial charge in [0.2, 0.25) is 0 Å². The molecular weight excluding hydrogens is 446 g/mol. The predicted molar refractivity (Wildman–Crippen MR) is 102 cm³/mol. The Kier molecular flexibility index (Phi) is 6.08. The van der Waals surface area contributed by atoms with Crippen LogP contribution in [0.4, 0.5) is 22.7 Å². The third-order valence-corrected chi connectivity index (χ3v) is 6.06. The number of benzene rings is 2.